The summed E-state index contributed by atoms with van der Waals surface area (Å²) in [7, 11) is 1.78. The molecule has 4 nitrogen and oxygen atoms in total. The molecule has 2 N–H and O–H groups in total. The SMILES string of the molecule is Cc1nn(C)c(COc2c(N)cc(F)cc2Br)c1Cl. The highest BCUT2D eigenvalue weighted by atomic mass is 79.9. The van der Waals surface area contributed by atoms with E-state index in [2.05, 4.69) is 21.0 Å². The van der Waals surface area contributed by atoms with Crippen molar-refractivity contribution in [1.29, 1.82) is 0 Å². The number of halogens is 3. The van der Waals surface area contributed by atoms with Crippen molar-refractivity contribution in [2.24, 2.45) is 7.05 Å². The number of ether oxygens (including phenoxy) is 1. The van der Waals surface area contributed by atoms with Crippen LogP contribution in [-0.2, 0) is 13.7 Å². The number of benzene rings is 1. The van der Waals surface area contributed by atoms with E-state index in [0.717, 1.165) is 11.4 Å². The molecule has 1 aromatic carbocycles. The zero-order valence-corrected chi connectivity index (χ0v) is 12.7. The Kier molecular flexibility index (Phi) is 4.01. The largest absolute Gasteiger partial charge is 0.484 e. The van der Waals surface area contributed by atoms with Crippen molar-refractivity contribution < 1.29 is 9.13 Å². The van der Waals surface area contributed by atoms with Crippen LogP contribution in [0.1, 0.15) is 11.4 Å². The van der Waals surface area contributed by atoms with Crippen LogP contribution in [-0.4, -0.2) is 9.78 Å². The van der Waals surface area contributed by atoms with E-state index in [0.29, 0.717) is 15.2 Å². The first-order valence-corrected chi connectivity index (χ1v) is 6.62. The van der Waals surface area contributed by atoms with Gasteiger partial charge in [0, 0.05) is 13.1 Å². The molecule has 0 fully saturated rings. The van der Waals surface area contributed by atoms with E-state index in [1.54, 1.807) is 11.7 Å². The second-order valence-electron chi connectivity index (χ2n) is 4.06. The first-order chi connectivity index (χ1) is 8.90. The van der Waals surface area contributed by atoms with Crippen LogP contribution in [0.25, 0.3) is 0 Å². The second kappa shape index (κ2) is 5.38. The van der Waals surface area contributed by atoms with E-state index in [1.165, 1.54) is 12.1 Å². The monoisotopic (exact) mass is 347 g/mol. The Bertz CT molecular complexity index is 607. The Morgan fingerprint density at radius 1 is 1.53 bits per heavy atom. The van der Waals surface area contributed by atoms with Crippen molar-refractivity contribution in [3.8, 4) is 5.75 Å². The topological polar surface area (TPSA) is 53.1 Å². The van der Waals surface area contributed by atoms with E-state index in [4.69, 9.17) is 22.1 Å². The standard InChI is InChI=1S/C12H12BrClFN3O/c1-6-11(14)10(18(2)17-6)5-19-12-8(13)3-7(15)4-9(12)16/h3-4H,5,16H2,1-2H3. The van der Waals surface area contributed by atoms with Crippen molar-refractivity contribution in [2.45, 2.75) is 13.5 Å². The van der Waals surface area contributed by atoms with E-state index >= 15 is 0 Å². The number of nitrogens with zero attached hydrogens (tertiary/aromatic N) is 2. The van der Waals surface area contributed by atoms with Gasteiger partial charge in [0.05, 0.1) is 26.6 Å². The maximum absolute atomic E-state index is 13.1. The lowest BCUT2D eigenvalue weighted by Gasteiger charge is -2.11. The lowest BCUT2D eigenvalue weighted by molar-refractivity contribution is 0.294. The normalized spacial score (nSPS) is 10.8. The molecule has 0 saturated carbocycles. The Balaban J connectivity index is 2.24. The molecular formula is C12H12BrClFN3O. The molecule has 1 aromatic heterocycles. The summed E-state index contributed by atoms with van der Waals surface area (Å²) < 4.78 is 20.8. The number of rotatable bonds is 3. The van der Waals surface area contributed by atoms with Crippen molar-refractivity contribution >= 4 is 33.2 Å². The molecule has 0 aliphatic heterocycles. The average Bonchev–Trinajstić information content (AvgIpc) is 2.53. The van der Waals surface area contributed by atoms with Crippen LogP contribution in [0.3, 0.4) is 0 Å². The summed E-state index contributed by atoms with van der Waals surface area (Å²) in [6.07, 6.45) is 0. The maximum atomic E-state index is 13.1. The van der Waals surface area contributed by atoms with Crippen molar-refractivity contribution in [3.05, 3.63) is 38.8 Å². The van der Waals surface area contributed by atoms with Gasteiger partial charge in [-0.05, 0) is 28.9 Å². The van der Waals surface area contributed by atoms with Crippen LogP contribution in [0.15, 0.2) is 16.6 Å². The minimum absolute atomic E-state index is 0.199. The summed E-state index contributed by atoms with van der Waals surface area (Å²) in [5.74, 6) is -0.0394. The van der Waals surface area contributed by atoms with Crippen LogP contribution < -0.4 is 10.5 Å². The predicted octanol–water partition coefficient (Wildman–Crippen LogP) is 3.44. The smallest absolute Gasteiger partial charge is 0.157 e. The third kappa shape index (κ3) is 2.84. The second-order valence-corrected chi connectivity index (χ2v) is 5.30. The number of nitrogens with two attached hydrogens (primary N) is 1. The Morgan fingerprint density at radius 3 is 2.74 bits per heavy atom. The van der Waals surface area contributed by atoms with Crippen LogP contribution in [0.5, 0.6) is 5.75 Å². The highest BCUT2D eigenvalue weighted by Gasteiger charge is 2.14. The van der Waals surface area contributed by atoms with Crippen LogP contribution in [0, 0.1) is 12.7 Å². The van der Waals surface area contributed by atoms with Gasteiger partial charge in [-0.1, -0.05) is 11.6 Å². The first-order valence-electron chi connectivity index (χ1n) is 5.45. The first kappa shape index (κ1) is 14.1. The molecule has 0 spiro atoms. The van der Waals surface area contributed by atoms with Gasteiger partial charge in [-0.3, -0.25) is 4.68 Å². The van der Waals surface area contributed by atoms with Crippen molar-refractivity contribution in [3.63, 3.8) is 0 Å². The van der Waals surface area contributed by atoms with Gasteiger partial charge in [-0.15, -0.1) is 0 Å². The molecule has 0 saturated heterocycles. The molecule has 0 aliphatic carbocycles. The Morgan fingerprint density at radius 2 is 2.21 bits per heavy atom. The fourth-order valence-electron chi connectivity index (χ4n) is 1.71. The average molecular weight is 349 g/mol. The van der Waals surface area contributed by atoms with Crippen molar-refractivity contribution in [1.82, 2.24) is 9.78 Å². The van der Waals surface area contributed by atoms with Gasteiger partial charge in [0.25, 0.3) is 0 Å². The van der Waals surface area contributed by atoms with Crippen LogP contribution in [0.2, 0.25) is 5.02 Å². The summed E-state index contributed by atoms with van der Waals surface area (Å²) in [5.41, 5.74) is 7.40. The van der Waals surface area contributed by atoms with Gasteiger partial charge in [0.1, 0.15) is 12.4 Å². The van der Waals surface area contributed by atoms with Crippen molar-refractivity contribution in [2.75, 3.05) is 5.73 Å². The Labute approximate surface area is 123 Å². The zero-order valence-electron chi connectivity index (χ0n) is 10.4. The van der Waals surface area contributed by atoms with Gasteiger partial charge < -0.3 is 10.5 Å². The summed E-state index contributed by atoms with van der Waals surface area (Å²) in [6.45, 7) is 2.01. The summed E-state index contributed by atoms with van der Waals surface area (Å²) in [5, 5.41) is 4.74. The lowest BCUT2D eigenvalue weighted by Crippen LogP contribution is -2.05. The minimum Gasteiger partial charge on any atom is -0.484 e. The molecule has 0 unspecified atom stereocenters. The highest BCUT2D eigenvalue weighted by Crippen LogP contribution is 2.33. The number of aryl methyl sites for hydroxylation is 2. The fourth-order valence-corrected chi connectivity index (χ4v) is 2.49. The summed E-state index contributed by atoms with van der Waals surface area (Å²) in [4.78, 5) is 0. The van der Waals surface area contributed by atoms with E-state index < -0.39 is 5.82 Å². The molecule has 2 aromatic rings. The van der Waals surface area contributed by atoms with Gasteiger partial charge in [0.15, 0.2) is 5.75 Å². The molecule has 0 aliphatic rings. The molecule has 19 heavy (non-hydrogen) atoms. The molecule has 102 valence electrons. The molecule has 0 amide bonds. The fraction of sp³-hybridized carbons (Fsp3) is 0.250. The maximum Gasteiger partial charge on any atom is 0.157 e. The molecule has 7 heteroatoms. The molecular weight excluding hydrogens is 337 g/mol. The number of hydrogen-bond acceptors (Lipinski definition) is 3. The summed E-state index contributed by atoms with van der Waals surface area (Å²) >= 11 is 9.33. The van der Waals surface area contributed by atoms with Crippen LogP contribution in [0.4, 0.5) is 10.1 Å². The minimum atomic E-state index is -0.425. The number of aromatic nitrogens is 2. The predicted molar refractivity (Wildman–Crippen MR) is 75.8 cm³/mol. The van der Waals surface area contributed by atoms with E-state index in [9.17, 15) is 4.39 Å². The molecule has 0 atom stereocenters. The van der Waals surface area contributed by atoms with Gasteiger partial charge >= 0.3 is 0 Å². The number of anilines is 1. The van der Waals surface area contributed by atoms with Gasteiger partial charge in [-0.25, -0.2) is 4.39 Å². The van der Waals surface area contributed by atoms with Gasteiger partial charge in [-0.2, -0.15) is 5.10 Å². The molecule has 0 bridgehead atoms. The third-order valence-corrected chi connectivity index (χ3v) is 3.73. The molecule has 2 rings (SSSR count). The number of nitrogen functional groups attached to an aromatic ring is 1. The van der Waals surface area contributed by atoms with Crippen LogP contribution >= 0.6 is 27.5 Å². The van der Waals surface area contributed by atoms with E-state index in [-0.39, 0.29) is 12.3 Å². The van der Waals surface area contributed by atoms with Gasteiger partial charge in [0.2, 0.25) is 0 Å². The molecule has 1 heterocycles. The Hall–Kier alpha value is -1.27. The lowest BCUT2D eigenvalue weighted by atomic mass is 10.3. The quantitative estimate of drug-likeness (QED) is 0.865. The highest BCUT2D eigenvalue weighted by molar-refractivity contribution is 9.10. The number of hydrogen-bond donors (Lipinski definition) is 1. The molecule has 0 radical (unpaired) electrons. The third-order valence-electron chi connectivity index (χ3n) is 2.65. The summed E-state index contributed by atoms with van der Waals surface area (Å²) in [6, 6.07) is 2.50. The zero-order chi connectivity index (χ0) is 14.2. The van der Waals surface area contributed by atoms with E-state index in [1.807, 2.05) is 6.92 Å².